The molecule has 2 atom stereocenters. The van der Waals surface area contributed by atoms with Crippen LogP contribution in [0.25, 0.3) is 0 Å². The topological polar surface area (TPSA) is 104 Å². The van der Waals surface area contributed by atoms with E-state index in [2.05, 4.69) is 22.8 Å². The van der Waals surface area contributed by atoms with Gasteiger partial charge in [0.1, 0.15) is 0 Å². The molecule has 1 unspecified atom stereocenters. The van der Waals surface area contributed by atoms with Crippen molar-refractivity contribution in [2.45, 2.75) is 63.6 Å². The third kappa shape index (κ3) is 5.86. The molecule has 37 heavy (non-hydrogen) atoms. The summed E-state index contributed by atoms with van der Waals surface area (Å²) in [5.41, 5.74) is 3.30. The fraction of sp³-hybridized carbons (Fsp3) is 0.483. The van der Waals surface area contributed by atoms with Gasteiger partial charge < -0.3 is 20.1 Å². The van der Waals surface area contributed by atoms with Crippen molar-refractivity contribution in [1.82, 2.24) is 15.5 Å². The molecule has 2 aromatic rings. The van der Waals surface area contributed by atoms with E-state index in [-0.39, 0.29) is 30.4 Å². The van der Waals surface area contributed by atoms with E-state index < -0.39 is 11.6 Å². The second-order valence-electron chi connectivity index (χ2n) is 9.87. The molecule has 1 saturated heterocycles. The highest BCUT2D eigenvalue weighted by Crippen LogP contribution is 2.33. The average molecular weight is 507 g/mol. The Bertz CT molecular complexity index is 1110. The smallest absolute Gasteiger partial charge is 0.251 e. The minimum Gasteiger partial charge on any atom is -0.382 e. The number of methoxy groups -OCH3 is 1. The second kappa shape index (κ2) is 11.9. The van der Waals surface area contributed by atoms with Crippen molar-refractivity contribution in [3.8, 4) is 0 Å². The summed E-state index contributed by atoms with van der Waals surface area (Å²) in [6.07, 6.45) is 3.63. The lowest BCUT2D eigenvalue weighted by atomic mass is 9.86. The molecular weight excluding hydrogens is 468 g/mol. The maximum absolute atomic E-state index is 13.4. The van der Waals surface area contributed by atoms with Gasteiger partial charge in [-0.05, 0) is 54.5 Å². The molecule has 3 N–H and O–H groups in total. The van der Waals surface area contributed by atoms with E-state index in [1.54, 1.807) is 13.2 Å². The van der Waals surface area contributed by atoms with Crippen molar-refractivity contribution in [1.29, 1.82) is 5.41 Å². The van der Waals surface area contributed by atoms with E-state index in [1.165, 1.54) is 16.0 Å². The summed E-state index contributed by atoms with van der Waals surface area (Å²) in [4.78, 5) is 28.1. The molecule has 1 aliphatic carbocycles. The third-order valence-electron chi connectivity index (χ3n) is 7.73. The predicted octanol–water partition coefficient (Wildman–Crippen LogP) is 4.12. The van der Waals surface area contributed by atoms with Gasteiger partial charge in [0.05, 0.1) is 38.3 Å². The number of hydrogen-bond donors (Lipinski definition) is 3. The molecule has 2 amide bonds. The molecule has 1 heterocycles. The van der Waals surface area contributed by atoms with Crippen LogP contribution in [0.4, 0.5) is 0 Å². The van der Waals surface area contributed by atoms with Gasteiger partial charge >= 0.3 is 0 Å². The Morgan fingerprint density at radius 1 is 1.19 bits per heavy atom. The first kappa shape index (κ1) is 26.8. The Morgan fingerprint density at radius 2 is 1.97 bits per heavy atom. The van der Waals surface area contributed by atoms with Crippen LogP contribution in [-0.2, 0) is 20.7 Å². The van der Waals surface area contributed by atoms with Gasteiger partial charge in [0.2, 0.25) is 5.91 Å². The molecule has 2 aromatic carbocycles. The standard InChI is InChI=1S/C29H38N4O4/c1-4-29(5-2)18-26(34)33(28(30)32-29)25(19-37-16-15-36-3)21-10-8-11-22(17-21)27(35)31-24-14-13-20-9-6-7-12-23(20)24/h6-12,17,24-25H,4-5,13-16,18-19H2,1-3H3,(H2,30,32)(H,31,35)/t24-,25?/m0/s1. The van der Waals surface area contributed by atoms with Crippen LogP contribution in [0.5, 0.6) is 0 Å². The van der Waals surface area contributed by atoms with Crippen LogP contribution in [0.2, 0.25) is 0 Å². The van der Waals surface area contributed by atoms with Gasteiger partial charge in [-0.1, -0.05) is 50.2 Å². The molecule has 0 spiro atoms. The fourth-order valence-electron chi connectivity index (χ4n) is 5.35. The Kier molecular flexibility index (Phi) is 8.61. The summed E-state index contributed by atoms with van der Waals surface area (Å²) in [5, 5.41) is 15.2. The van der Waals surface area contributed by atoms with E-state index in [1.807, 2.05) is 44.2 Å². The number of carbonyl (C=O) groups excluding carboxylic acids is 2. The van der Waals surface area contributed by atoms with Crippen molar-refractivity contribution in [3.05, 3.63) is 70.8 Å². The summed E-state index contributed by atoms with van der Waals surface area (Å²) >= 11 is 0. The third-order valence-corrected chi connectivity index (χ3v) is 7.73. The molecule has 0 aromatic heterocycles. The van der Waals surface area contributed by atoms with Gasteiger partial charge in [0, 0.05) is 18.2 Å². The number of ether oxygens (including phenoxy) is 2. The predicted molar refractivity (Wildman–Crippen MR) is 142 cm³/mol. The highest BCUT2D eigenvalue weighted by Gasteiger charge is 2.42. The van der Waals surface area contributed by atoms with Gasteiger partial charge in [0.15, 0.2) is 5.96 Å². The lowest BCUT2D eigenvalue weighted by molar-refractivity contribution is -0.134. The molecule has 0 radical (unpaired) electrons. The molecule has 198 valence electrons. The summed E-state index contributed by atoms with van der Waals surface area (Å²) in [6.45, 7) is 5.04. The van der Waals surface area contributed by atoms with E-state index >= 15 is 0 Å². The fourth-order valence-corrected chi connectivity index (χ4v) is 5.35. The molecule has 0 saturated carbocycles. The first-order chi connectivity index (χ1) is 17.9. The normalized spacial score (nSPS) is 19.3. The Labute approximate surface area is 219 Å². The number of aryl methyl sites for hydroxylation is 1. The number of nitrogens with zero attached hydrogens (tertiary/aromatic N) is 1. The first-order valence-electron chi connectivity index (χ1n) is 13.2. The van der Waals surface area contributed by atoms with Gasteiger partial charge in [-0.25, -0.2) is 0 Å². The van der Waals surface area contributed by atoms with Crippen molar-refractivity contribution >= 4 is 17.8 Å². The van der Waals surface area contributed by atoms with Crippen LogP contribution in [0.15, 0.2) is 48.5 Å². The maximum Gasteiger partial charge on any atom is 0.251 e. The summed E-state index contributed by atoms with van der Waals surface area (Å²) in [6, 6.07) is 14.9. The average Bonchev–Trinajstić information content (AvgIpc) is 3.32. The number of fused-ring (bicyclic) bond motifs is 1. The molecule has 0 bridgehead atoms. The van der Waals surface area contributed by atoms with Crippen LogP contribution in [-0.4, -0.2) is 55.1 Å². The van der Waals surface area contributed by atoms with Crippen LogP contribution in [0.3, 0.4) is 0 Å². The molecular formula is C29H38N4O4. The van der Waals surface area contributed by atoms with E-state index in [0.717, 1.165) is 31.2 Å². The summed E-state index contributed by atoms with van der Waals surface area (Å²) in [7, 11) is 1.61. The van der Waals surface area contributed by atoms with E-state index in [9.17, 15) is 9.59 Å². The van der Waals surface area contributed by atoms with E-state index in [4.69, 9.17) is 14.9 Å². The van der Waals surface area contributed by atoms with Gasteiger partial charge in [-0.3, -0.25) is 19.9 Å². The highest BCUT2D eigenvalue weighted by molar-refractivity contribution is 6.00. The monoisotopic (exact) mass is 506 g/mol. The number of benzene rings is 2. The number of carbonyl (C=O) groups is 2. The van der Waals surface area contributed by atoms with Crippen molar-refractivity contribution in [3.63, 3.8) is 0 Å². The first-order valence-corrected chi connectivity index (χ1v) is 13.2. The second-order valence-corrected chi connectivity index (χ2v) is 9.87. The largest absolute Gasteiger partial charge is 0.382 e. The zero-order valence-electron chi connectivity index (χ0n) is 22.0. The SMILES string of the molecule is CCC1(CC)CC(=O)N(C(COCCOC)c2cccc(C(=O)N[C@H]3CCc4ccccc43)c2)C(=N)N1. The van der Waals surface area contributed by atoms with Crippen molar-refractivity contribution < 1.29 is 19.1 Å². The number of hydrogen-bond acceptors (Lipinski definition) is 5. The zero-order chi connectivity index (χ0) is 26.4. The summed E-state index contributed by atoms with van der Waals surface area (Å²) in [5.74, 6) is -0.209. The molecule has 1 fully saturated rings. The van der Waals surface area contributed by atoms with Gasteiger partial charge in [-0.15, -0.1) is 0 Å². The minimum atomic E-state index is -0.545. The van der Waals surface area contributed by atoms with Crippen LogP contribution in [0.1, 0.15) is 78.7 Å². The number of guanidine groups is 1. The maximum atomic E-state index is 13.4. The quantitative estimate of drug-likeness (QED) is 0.398. The van der Waals surface area contributed by atoms with Crippen molar-refractivity contribution in [2.24, 2.45) is 0 Å². The Balaban J connectivity index is 1.56. The molecule has 8 heteroatoms. The van der Waals surface area contributed by atoms with Crippen LogP contribution in [0, 0.1) is 5.41 Å². The van der Waals surface area contributed by atoms with E-state index in [0.29, 0.717) is 25.2 Å². The highest BCUT2D eigenvalue weighted by atomic mass is 16.5. The zero-order valence-corrected chi connectivity index (χ0v) is 22.0. The van der Waals surface area contributed by atoms with Crippen molar-refractivity contribution in [2.75, 3.05) is 26.9 Å². The molecule has 1 aliphatic heterocycles. The molecule has 4 rings (SSSR count). The van der Waals surface area contributed by atoms with Gasteiger partial charge in [-0.2, -0.15) is 0 Å². The lowest BCUT2D eigenvalue weighted by Gasteiger charge is -2.44. The Morgan fingerprint density at radius 3 is 2.70 bits per heavy atom. The lowest BCUT2D eigenvalue weighted by Crippen LogP contribution is -2.62. The summed E-state index contributed by atoms with van der Waals surface area (Å²) < 4.78 is 10.9. The Hall–Kier alpha value is -3.23. The van der Waals surface area contributed by atoms with Crippen LogP contribution < -0.4 is 10.6 Å². The number of amides is 2. The molecule has 2 aliphatic rings. The molecule has 8 nitrogen and oxygen atoms in total. The van der Waals surface area contributed by atoms with Crippen LogP contribution >= 0.6 is 0 Å². The van der Waals surface area contributed by atoms with Gasteiger partial charge in [0.25, 0.3) is 5.91 Å². The number of nitrogens with one attached hydrogen (secondary N) is 3. The minimum absolute atomic E-state index is 0.0159. The number of rotatable bonds is 11.